The van der Waals surface area contributed by atoms with Gasteiger partial charge in [0.1, 0.15) is 17.5 Å². The maximum atomic E-state index is 12.7. The smallest absolute Gasteiger partial charge is 0.420 e. The second kappa shape index (κ2) is 10.3. The fraction of sp³-hybridized carbons (Fsp3) is 0.360. The van der Waals surface area contributed by atoms with Gasteiger partial charge in [-0.25, -0.2) is 18.0 Å². The third kappa shape index (κ3) is 5.05. The summed E-state index contributed by atoms with van der Waals surface area (Å²) >= 11 is 0. The molecule has 13 heteroatoms. The van der Waals surface area contributed by atoms with E-state index >= 15 is 0 Å². The third-order valence-electron chi connectivity index (χ3n) is 6.93. The van der Waals surface area contributed by atoms with Crippen molar-refractivity contribution in [1.29, 1.82) is 0 Å². The van der Waals surface area contributed by atoms with E-state index in [-0.39, 0.29) is 41.4 Å². The van der Waals surface area contributed by atoms with Crippen LogP contribution >= 0.6 is 10.7 Å². The Morgan fingerprint density at radius 2 is 1.76 bits per heavy atom. The number of carbonyl (C=O) groups excluding carboxylic acids is 3. The molecule has 2 saturated heterocycles. The molecule has 2 aliphatic rings. The number of amides is 3. The van der Waals surface area contributed by atoms with E-state index in [1.54, 1.807) is 11.0 Å². The molecular weight excluding hydrogens is 538 g/mol. The van der Waals surface area contributed by atoms with E-state index in [0.717, 1.165) is 10.1 Å². The third-order valence-corrected chi connectivity index (χ3v) is 8.30. The number of imide groups is 1. The first kappa shape index (κ1) is 26.0. The summed E-state index contributed by atoms with van der Waals surface area (Å²) in [7, 11) is 1.46. The molecule has 200 valence electrons. The van der Waals surface area contributed by atoms with Gasteiger partial charge in [0, 0.05) is 30.2 Å². The van der Waals surface area contributed by atoms with Gasteiger partial charge >= 0.3 is 11.8 Å². The largest absolute Gasteiger partial charge is 0.445 e. The summed E-state index contributed by atoms with van der Waals surface area (Å²) in [6.07, 6.45) is 0.510. The first-order valence-electron chi connectivity index (χ1n) is 12.1. The maximum Gasteiger partial charge on any atom is 0.420 e. The summed E-state index contributed by atoms with van der Waals surface area (Å²) in [6.45, 7) is 0.812. The number of piperidine rings is 2. The lowest BCUT2D eigenvalue weighted by Gasteiger charge is -2.32. The second-order valence-electron chi connectivity index (χ2n) is 9.28. The van der Waals surface area contributed by atoms with E-state index in [2.05, 4.69) is 5.32 Å². The van der Waals surface area contributed by atoms with Gasteiger partial charge in [-0.2, -0.15) is 0 Å². The standard InChI is InChI=1S/C25H24ClN3O8S/c26-38(34,35)22-17(16-10-12-28(13-11-16)24(32)36-14-15-4-2-1-3-5-15)6-7-18-21(22)37-25(33)29(18)19-8-9-20(30)27-23(19)31/h1-7,16,19H,8-14H2,(H,27,30,31). The maximum absolute atomic E-state index is 12.7. The minimum Gasteiger partial charge on any atom is -0.445 e. The molecule has 1 unspecified atom stereocenters. The fourth-order valence-electron chi connectivity index (χ4n) is 5.07. The summed E-state index contributed by atoms with van der Waals surface area (Å²) in [6, 6.07) is 11.4. The SMILES string of the molecule is O=C1CCC(n2c(=O)oc3c(S(=O)(=O)Cl)c(C4CCN(C(=O)OCc5ccccc5)CC4)ccc32)C(=O)N1. The van der Waals surface area contributed by atoms with Crippen LogP contribution in [0.25, 0.3) is 11.1 Å². The van der Waals surface area contributed by atoms with Gasteiger partial charge in [-0.15, -0.1) is 0 Å². The number of aromatic nitrogens is 1. The lowest BCUT2D eigenvalue weighted by atomic mass is 9.89. The van der Waals surface area contributed by atoms with Crippen LogP contribution in [0.3, 0.4) is 0 Å². The Morgan fingerprint density at radius 1 is 1.05 bits per heavy atom. The van der Waals surface area contributed by atoms with Crippen molar-refractivity contribution in [3.05, 3.63) is 64.1 Å². The van der Waals surface area contributed by atoms with Gasteiger partial charge in [0.25, 0.3) is 9.05 Å². The number of nitrogens with one attached hydrogen (secondary N) is 1. The highest BCUT2D eigenvalue weighted by Crippen LogP contribution is 2.39. The summed E-state index contributed by atoms with van der Waals surface area (Å²) in [5.41, 5.74) is 1.09. The van der Waals surface area contributed by atoms with Gasteiger partial charge in [-0.05, 0) is 42.4 Å². The zero-order chi connectivity index (χ0) is 27.0. The molecule has 2 aromatic carbocycles. The van der Waals surface area contributed by atoms with Crippen molar-refractivity contribution in [2.24, 2.45) is 0 Å². The molecule has 3 heterocycles. The zero-order valence-electron chi connectivity index (χ0n) is 20.1. The highest BCUT2D eigenvalue weighted by atomic mass is 35.7. The number of benzene rings is 2. The molecule has 3 aromatic rings. The predicted molar refractivity (Wildman–Crippen MR) is 135 cm³/mol. The Morgan fingerprint density at radius 3 is 2.42 bits per heavy atom. The molecule has 2 fully saturated rings. The molecule has 1 N–H and O–H groups in total. The van der Waals surface area contributed by atoms with Crippen molar-refractivity contribution < 1.29 is 32.0 Å². The highest BCUT2D eigenvalue weighted by Gasteiger charge is 2.35. The number of likely N-dealkylation sites (tertiary alicyclic amines) is 1. The van der Waals surface area contributed by atoms with E-state index in [1.165, 1.54) is 6.07 Å². The molecule has 5 rings (SSSR count). The molecule has 0 bridgehead atoms. The van der Waals surface area contributed by atoms with Crippen LogP contribution in [0.5, 0.6) is 0 Å². The fourth-order valence-corrected chi connectivity index (χ4v) is 6.43. The van der Waals surface area contributed by atoms with Crippen LogP contribution in [0.15, 0.2) is 56.6 Å². The molecule has 38 heavy (non-hydrogen) atoms. The number of oxazole rings is 1. The normalized spacial score (nSPS) is 19.0. The Bertz CT molecular complexity index is 1570. The molecule has 11 nitrogen and oxygen atoms in total. The monoisotopic (exact) mass is 561 g/mol. The average molecular weight is 562 g/mol. The van der Waals surface area contributed by atoms with Gasteiger partial charge in [0.2, 0.25) is 11.8 Å². The van der Waals surface area contributed by atoms with Crippen LogP contribution in [0, 0.1) is 0 Å². The van der Waals surface area contributed by atoms with E-state index < -0.39 is 38.8 Å². The number of halogens is 1. The van der Waals surface area contributed by atoms with Crippen molar-refractivity contribution in [1.82, 2.24) is 14.8 Å². The van der Waals surface area contributed by atoms with E-state index in [4.69, 9.17) is 19.8 Å². The van der Waals surface area contributed by atoms with E-state index in [1.807, 2.05) is 30.3 Å². The molecule has 3 amide bonds. The number of ether oxygens (including phenoxy) is 1. The highest BCUT2D eigenvalue weighted by molar-refractivity contribution is 8.14. The number of rotatable bonds is 5. The number of hydrogen-bond donors (Lipinski definition) is 1. The molecule has 1 atom stereocenters. The molecule has 1 aromatic heterocycles. The number of fused-ring (bicyclic) bond motifs is 1. The van der Waals surface area contributed by atoms with E-state index in [0.29, 0.717) is 31.5 Å². The Balaban J connectivity index is 1.39. The number of carbonyl (C=O) groups is 3. The molecule has 0 spiro atoms. The molecule has 0 saturated carbocycles. The van der Waals surface area contributed by atoms with Crippen LogP contribution in [-0.4, -0.2) is 48.9 Å². The van der Waals surface area contributed by atoms with Crippen LogP contribution in [0.4, 0.5) is 4.79 Å². The van der Waals surface area contributed by atoms with Crippen molar-refractivity contribution in [3.8, 4) is 0 Å². The van der Waals surface area contributed by atoms with E-state index in [9.17, 15) is 27.6 Å². The van der Waals surface area contributed by atoms with Crippen LogP contribution < -0.4 is 11.1 Å². The van der Waals surface area contributed by atoms with Gasteiger partial charge in [-0.3, -0.25) is 19.5 Å². The van der Waals surface area contributed by atoms with Gasteiger partial charge in [-0.1, -0.05) is 36.4 Å². The van der Waals surface area contributed by atoms with Crippen LogP contribution in [0.2, 0.25) is 0 Å². The second-order valence-corrected chi connectivity index (χ2v) is 11.8. The van der Waals surface area contributed by atoms with Crippen molar-refractivity contribution in [3.63, 3.8) is 0 Å². The number of hydrogen-bond acceptors (Lipinski definition) is 8. The first-order chi connectivity index (χ1) is 18.1. The summed E-state index contributed by atoms with van der Waals surface area (Å²) < 4.78 is 37.2. The molecule has 2 aliphatic heterocycles. The van der Waals surface area contributed by atoms with Crippen LogP contribution in [-0.2, 0) is 30.0 Å². The summed E-state index contributed by atoms with van der Waals surface area (Å²) in [4.78, 5) is 50.4. The molecule has 0 radical (unpaired) electrons. The predicted octanol–water partition coefficient (Wildman–Crippen LogP) is 3.02. The molecule has 0 aliphatic carbocycles. The summed E-state index contributed by atoms with van der Waals surface area (Å²) in [5.74, 6) is -2.33. The lowest BCUT2D eigenvalue weighted by molar-refractivity contribution is -0.135. The quantitative estimate of drug-likeness (QED) is 0.369. The Labute approximate surface area is 221 Å². The zero-order valence-corrected chi connectivity index (χ0v) is 21.7. The number of nitrogens with zero attached hydrogens (tertiary/aromatic N) is 2. The topological polar surface area (TPSA) is 145 Å². The minimum absolute atomic E-state index is 0.0284. The van der Waals surface area contributed by atoms with Crippen molar-refractivity contribution >= 4 is 48.7 Å². The Hall–Kier alpha value is -3.64. The van der Waals surface area contributed by atoms with Gasteiger partial charge in [0.15, 0.2) is 5.58 Å². The first-order valence-corrected chi connectivity index (χ1v) is 14.4. The summed E-state index contributed by atoms with van der Waals surface area (Å²) in [5, 5.41) is 2.18. The molecular formula is C25H24ClN3O8S. The lowest BCUT2D eigenvalue weighted by Crippen LogP contribution is -2.43. The van der Waals surface area contributed by atoms with Gasteiger partial charge in [0.05, 0.1) is 5.52 Å². The van der Waals surface area contributed by atoms with Crippen LogP contribution in [0.1, 0.15) is 48.8 Å². The Kier molecular flexibility index (Phi) is 7.01. The van der Waals surface area contributed by atoms with Crippen molar-refractivity contribution in [2.45, 2.75) is 49.1 Å². The van der Waals surface area contributed by atoms with Crippen molar-refractivity contribution in [2.75, 3.05) is 13.1 Å². The van der Waals surface area contributed by atoms with Gasteiger partial charge < -0.3 is 14.1 Å². The minimum atomic E-state index is -4.37. The average Bonchev–Trinajstić information content (AvgIpc) is 3.22.